The van der Waals surface area contributed by atoms with E-state index in [2.05, 4.69) is 11.4 Å². The zero-order valence-corrected chi connectivity index (χ0v) is 11.0. The highest BCUT2D eigenvalue weighted by Crippen LogP contribution is 2.18. The lowest BCUT2D eigenvalue weighted by Crippen LogP contribution is -2.44. The van der Waals surface area contributed by atoms with Gasteiger partial charge in [-0.15, -0.1) is 0 Å². The lowest BCUT2D eigenvalue weighted by Gasteiger charge is -2.29. The Hall–Kier alpha value is -2.37. The van der Waals surface area contributed by atoms with E-state index in [4.69, 9.17) is 0 Å². The Kier molecular flexibility index (Phi) is 3.14. The standard InChI is InChI=1S/C14H15N3O3/c18-12-7-15-14(20)17(12)9-13(19)16-6-5-10-3-1-2-4-11(10)8-16/h1-4H,5-9H2,(H,15,20). The van der Waals surface area contributed by atoms with E-state index in [1.54, 1.807) is 4.90 Å². The van der Waals surface area contributed by atoms with Crippen molar-refractivity contribution in [3.8, 4) is 0 Å². The summed E-state index contributed by atoms with van der Waals surface area (Å²) in [5.41, 5.74) is 2.39. The monoisotopic (exact) mass is 273 g/mol. The number of amides is 4. The Morgan fingerprint density at radius 3 is 2.65 bits per heavy atom. The van der Waals surface area contributed by atoms with Gasteiger partial charge in [-0.3, -0.25) is 14.5 Å². The third-order valence-electron chi connectivity index (χ3n) is 3.71. The van der Waals surface area contributed by atoms with Gasteiger partial charge in [-0.05, 0) is 17.5 Å². The fourth-order valence-electron chi connectivity index (χ4n) is 2.56. The molecule has 3 rings (SSSR count). The first-order chi connectivity index (χ1) is 9.65. The smallest absolute Gasteiger partial charge is 0.325 e. The molecular weight excluding hydrogens is 258 g/mol. The average Bonchev–Trinajstić information content (AvgIpc) is 2.78. The molecule has 2 heterocycles. The number of benzene rings is 1. The number of carbonyl (C=O) groups excluding carboxylic acids is 3. The normalized spacial score (nSPS) is 18.0. The molecule has 20 heavy (non-hydrogen) atoms. The molecule has 0 radical (unpaired) electrons. The SMILES string of the molecule is O=C(CN1C(=O)CNC1=O)N1CCc2ccccc2C1. The molecule has 0 aliphatic carbocycles. The Morgan fingerprint density at radius 1 is 1.20 bits per heavy atom. The number of rotatable bonds is 2. The molecule has 2 aliphatic heterocycles. The largest absolute Gasteiger partial charge is 0.336 e. The van der Waals surface area contributed by atoms with Gasteiger partial charge in [-0.2, -0.15) is 0 Å². The molecule has 1 fully saturated rings. The van der Waals surface area contributed by atoms with Gasteiger partial charge in [0.05, 0.1) is 6.54 Å². The fourth-order valence-corrected chi connectivity index (χ4v) is 2.56. The first-order valence-corrected chi connectivity index (χ1v) is 6.58. The molecule has 0 saturated carbocycles. The van der Waals surface area contributed by atoms with Crippen LogP contribution in [0, 0.1) is 0 Å². The zero-order valence-electron chi connectivity index (χ0n) is 11.0. The maximum atomic E-state index is 12.2. The Morgan fingerprint density at radius 2 is 1.95 bits per heavy atom. The summed E-state index contributed by atoms with van der Waals surface area (Å²) in [7, 11) is 0. The van der Waals surface area contributed by atoms with Crippen molar-refractivity contribution >= 4 is 17.8 Å². The van der Waals surface area contributed by atoms with Gasteiger partial charge in [0.1, 0.15) is 6.54 Å². The summed E-state index contributed by atoms with van der Waals surface area (Å²) < 4.78 is 0. The molecule has 0 spiro atoms. The summed E-state index contributed by atoms with van der Waals surface area (Å²) in [6, 6.07) is 7.52. The highest BCUT2D eigenvalue weighted by atomic mass is 16.2. The van der Waals surface area contributed by atoms with Crippen molar-refractivity contribution in [2.24, 2.45) is 0 Å². The van der Waals surface area contributed by atoms with Crippen molar-refractivity contribution in [1.82, 2.24) is 15.1 Å². The molecule has 104 valence electrons. The first kappa shape index (κ1) is 12.7. The molecule has 1 N–H and O–H groups in total. The van der Waals surface area contributed by atoms with Crippen LogP contribution in [0.3, 0.4) is 0 Å². The number of fused-ring (bicyclic) bond motifs is 1. The minimum atomic E-state index is -0.485. The van der Waals surface area contributed by atoms with Crippen LogP contribution in [-0.2, 0) is 22.6 Å². The molecule has 6 nitrogen and oxygen atoms in total. The van der Waals surface area contributed by atoms with Gasteiger partial charge < -0.3 is 10.2 Å². The Bertz CT molecular complexity index is 569. The highest BCUT2D eigenvalue weighted by molar-refractivity contribution is 6.04. The van der Waals surface area contributed by atoms with Gasteiger partial charge >= 0.3 is 6.03 Å². The lowest BCUT2D eigenvalue weighted by atomic mass is 10.00. The molecule has 0 unspecified atom stereocenters. The van der Waals surface area contributed by atoms with E-state index < -0.39 is 6.03 Å². The van der Waals surface area contributed by atoms with Gasteiger partial charge in [0, 0.05) is 13.1 Å². The molecule has 1 aromatic rings. The molecular formula is C14H15N3O3. The maximum Gasteiger partial charge on any atom is 0.325 e. The topological polar surface area (TPSA) is 69.7 Å². The summed E-state index contributed by atoms with van der Waals surface area (Å²) in [5.74, 6) is -0.536. The van der Waals surface area contributed by atoms with Gasteiger partial charge in [0.25, 0.3) is 5.91 Å². The van der Waals surface area contributed by atoms with Crippen LogP contribution in [0.15, 0.2) is 24.3 Å². The summed E-state index contributed by atoms with van der Waals surface area (Å²) in [5, 5.41) is 2.41. The number of urea groups is 1. The van der Waals surface area contributed by atoms with E-state index in [9.17, 15) is 14.4 Å². The quantitative estimate of drug-likeness (QED) is 0.778. The van der Waals surface area contributed by atoms with Crippen LogP contribution in [0.25, 0.3) is 0 Å². The van der Waals surface area contributed by atoms with E-state index in [1.165, 1.54) is 5.56 Å². The Labute approximate surface area is 116 Å². The molecule has 1 saturated heterocycles. The lowest BCUT2D eigenvalue weighted by molar-refractivity contribution is -0.137. The van der Waals surface area contributed by atoms with Gasteiger partial charge in [-0.1, -0.05) is 24.3 Å². The van der Waals surface area contributed by atoms with E-state index in [-0.39, 0.29) is 24.9 Å². The maximum absolute atomic E-state index is 12.2. The number of nitrogens with zero attached hydrogens (tertiary/aromatic N) is 2. The van der Waals surface area contributed by atoms with Gasteiger partial charge in [0.15, 0.2) is 0 Å². The zero-order chi connectivity index (χ0) is 14.1. The van der Waals surface area contributed by atoms with E-state index in [1.807, 2.05) is 18.2 Å². The van der Waals surface area contributed by atoms with Crippen LogP contribution in [0.1, 0.15) is 11.1 Å². The Balaban J connectivity index is 1.67. The van der Waals surface area contributed by atoms with Gasteiger partial charge in [-0.25, -0.2) is 4.79 Å². The number of hydrogen-bond donors (Lipinski definition) is 1. The summed E-state index contributed by atoms with van der Waals surface area (Å²) in [6.45, 7) is 0.972. The molecule has 6 heteroatoms. The van der Waals surface area contributed by atoms with Crippen LogP contribution >= 0.6 is 0 Å². The second kappa shape index (κ2) is 4.96. The number of nitrogens with one attached hydrogen (secondary N) is 1. The average molecular weight is 273 g/mol. The van der Waals surface area contributed by atoms with Crippen LogP contribution in [0.2, 0.25) is 0 Å². The van der Waals surface area contributed by atoms with E-state index in [0.29, 0.717) is 13.1 Å². The van der Waals surface area contributed by atoms with Crippen molar-refractivity contribution in [3.05, 3.63) is 35.4 Å². The predicted octanol–water partition coefficient (Wildman–Crippen LogP) is 0.123. The summed E-state index contributed by atoms with van der Waals surface area (Å²) in [6.07, 6.45) is 0.808. The van der Waals surface area contributed by atoms with Crippen molar-refractivity contribution in [2.45, 2.75) is 13.0 Å². The van der Waals surface area contributed by atoms with E-state index >= 15 is 0 Å². The predicted molar refractivity (Wildman–Crippen MR) is 70.7 cm³/mol. The molecule has 0 atom stereocenters. The minimum absolute atomic E-state index is 0.0189. The second-order valence-corrected chi connectivity index (χ2v) is 4.97. The summed E-state index contributed by atoms with van der Waals surface area (Å²) >= 11 is 0. The molecule has 2 aliphatic rings. The van der Waals surface area contributed by atoms with Crippen LogP contribution in [-0.4, -0.2) is 47.3 Å². The molecule has 1 aromatic carbocycles. The van der Waals surface area contributed by atoms with Crippen molar-refractivity contribution < 1.29 is 14.4 Å². The number of carbonyl (C=O) groups is 3. The van der Waals surface area contributed by atoms with Gasteiger partial charge in [0.2, 0.25) is 5.91 Å². The highest BCUT2D eigenvalue weighted by Gasteiger charge is 2.32. The number of imide groups is 1. The van der Waals surface area contributed by atoms with Crippen LogP contribution in [0.4, 0.5) is 4.79 Å². The summed E-state index contributed by atoms with van der Waals surface area (Å²) in [4.78, 5) is 37.8. The fraction of sp³-hybridized carbons (Fsp3) is 0.357. The van der Waals surface area contributed by atoms with Crippen molar-refractivity contribution in [1.29, 1.82) is 0 Å². The number of hydrogen-bond acceptors (Lipinski definition) is 3. The third kappa shape index (κ3) is 2.24. The van der Waals surface area contributed by atoms with Crippen LogP contribution in [0.5, 0.6) is 0 Å². The van der Waals surface area contributed by atoms with Crippen molar-refractivity contribution in [3.63, 3.8) is 0 Å². The second-order valence-electron chi connectivity index (χ2n) is 4.97. The van der Waals surface area contributed by atoms with Crippen molar-refractivity contribution in [2.75, 3.05) is 19.6 Å². The third-order valence-corrected chi connectivity index (χ3v) is 3.71. The molecule has 0 aromatic heterocycles. The minimum Gasteiger partial charge on any atom is -0.336 e. The first-order valence-electron chi connectivity index (χ1n) is 6.58. The van der Waals surface area contributed by atoms with Crippen LogP contribution < -0.4 is 5.32 Å². The van der Waals surface area contributed by atoms with E-state index in [0.717, 1.165) is 16.9 Å². The molecule has 0 bridgehead atoms. The molecule has 4 amide bonds.